The average molecular weight is 183 g/mol. The Morgan fingerprint density at radius 2 is 2.08 bits per heavy atom. The van der Waals surface area contributed by atoms with Crippen molar-refractivity contribution in [1.29, 1.82) is 0 Å². The van der Waals surface area contributed by atoms with Crippen molar-refractivity contribution in [3.05, 3.63) is 35.4 Å². The monoisotopic (exact) mass is 183 g/mol. The number of hydrogen-bond acceptors (Lipinski definition) is 0. The molecule has 1 aromatic carbocycles. The number of nitrogens with one attached hydrogen (secondary N) is 1. The quantitative estimate of drug-likeness (QED) is 0.646. The van der Waals surface area contributed by atoms with Gasteiger partial charge in [-0.05, 0) is 37.1 Å². The summed E-state index contributed by atoms with van der Waals surface area (Å²) in [5.41, 5.74) is -1.50. The summed E-state index contributed by atoms with van der Waals surface area (Å²) in [5, 5.41) is -0.366. The maximum atomic E-state index is 8.15. The Morgan fingerprint density at radius 3 is 3.08 bits per heavy atom. The molecule has 0 unspecified atom stereocenters. The van der Waals surface area contributed by atoms with Gasteiger partial charge >= 0.3 is 0 Å². The molecule has 1 aliphatic rings. The van der Waals surface area contributed by atoms with E-state index in [-0.39, 0.29) is 10.9 Å². The second-order valence-corrected chi connectivity index (χ2v) is 2.62. The van der Waals surface area contributed by atoms with Crippen LogP contribution in [0.1, 0.15) is 40.5 Å². The van der Waals surface area contributed by atoms with Crippen LogP contribution in [0.25, 0.3) is 10.9 Å². The van der Waals surface area contributed by atoms with Gasteiger partial charge in [0.1, 0.15) is 0 Å². The lowest BCUT2D eigenvalue weighted by Crippen LogP contribution is -1.99. The van der Waals surface area contributed by atoms with Crippen molar-refractivity contribution in [2.75, 3.05) is 0 Å². The van der Waals surface area contributed by atoms with E-state index in [2.05, 4.69) is 4.98 Å². The summed E-state index contributed by atoms with van der Waals surface area (Å²) in [5.74, 6) is 0. The molecular weight excluding hydrogens is 158 g/mol. The Hall–Kier alpha value is -1.24. The summed E-state index contributed by atoms with van der Waals surface area (Å²) in [4.78, 5) is 2.40. The van der Waals surface area contributed by atoms with Crippen molar-refractivity contribution in [1.82, 2.24) is 4.98 Å². The lowest BCUT2D eigenvalue weighted by molar-refractivity contribution is 0.680. The predicted molar refractivity (Wildman–Crippen MR) is 54.9 cm³/mol. The third-order valence-electron chi connectivity index (χ3n) is 1.88. The van der Waals surface area contributed by atoms with Gasteiger partial charge in [0.2, 0.25) is 0 Å². The smallest absolute Gasteiger partial charge is 0.0645 e. The number of hydrogen-bond donors (Lipinski definition) is 1. The van der Waals surface area contributed by atoms with E-state index in [0.717, 1.165) is 0 Å². The minimum absolute atomic E-state index is 0.280. The summed E-state index contributed by atoms with van der Waals surface area (Å²) in [6, 6.07) is -2.46. The van der Waals surface area contributed by atoms with Crippen LogP contribution < -0.4 is 0 Å². The Labute approximate surface area is 94.6 Å². The minimum atomic E-state index is -3.29. The first-order chi connectivity index (χ1) is 11.1. The Kier molecular flexibility index (Phi) is 0.414. The van der Waals surface area contributed by atoms with Crippen molar-refractivity contribution in [3.8, 4) is 0 Å². The maximum absolute atomic E-state index is 8.15. The van der Waals surface area contributed by atoms with E-state index in [4.69, 9.17) is 16.4 Å². The van der Waals surface area contributed by atoms with Crippen LogP contribution >= 0.6 is 0 Å². The Morgan fingerprint density at radius 1 is 1.23 bits per heavy atom. The van der Waals surface area contributed by atoms with E-state index in [1.807, 2.05) is 0 Å². The predicted octanol–water partition coefficient (Wildman–Crippen LogP) is 3.05. The lowest BCUT2D eigenvalue weighted by Gasteiger charge is -2.10. The van der Waals surface area contributed by atoms with Gasteiger partial charge in [-0.2, -0.15) is 0 Å². The number of benzene rings is 1. The number of rotatable bonds is 0. The van der Waals surface area contributed by atoms with E-state index in [0.29, 0.717) is 0 Å². The van der Waals surface area contributed by atoms with E-state index in [9.17, 15) is 0 Å². The summed E-state index contributed by atoms with van der Waals surface area (Å²) >= 11 is 0. The molecular formula is C12H13N. The van der Waals surface area contributed by atoms with E-state index in [1.165, 1.54) is 0 Å². The second-order valence-electron chi connectivity index (χ2n) is 2.62. The molecule has 0 spiro atoms. The van der Waals surface area contributed by atoms with Crippen LogP contribution in [0.2, 0.25) is 0 Å². The van der Waals surface area contributed by atoms with Crippen LogP contribution in [0, 0.1) is 0 Å². The number of H-pyrrole nitrogens is 1. The first kappa shape index (κ1) is 2.05. The molecule has 3 rings (SSSR count). The van der Waals surface area contributed by atoms with Gasteiger partial charge in [-0.1, -0.05) is 18.1 Å². The van der Waals surface area contributed by atoms with Gasteiger partial charge in [-0.25, -0.2) is 0 Å². The summed E-state index contributed by atoms with van der Waals surface area (Å²) in [7, 11) is 0. The zero-order valence-corrected chi connectivity index (χ0v) is 6.50. The highest BCUT2D eigenvalue weighted by Gasteiger charge is 2.13. The largest absolute Gasteiger partial charge is 0.358 e. The number of aromatic amines is 1. The number of fused-ring (bicyclic) bond motifs is 3. The highest BCUT2D eigenvalue weighted by atomic mass is 14.7. The highest BCUT2D eigenvalue weighted by Crippen LogP contribution is 2.28. The molecule has 0 saturated carbocycles. The molecule has 0 saturated heterocycles. The fraction of sp³-hybridized carbons (Fsp3) is 0.333. The molecule has 0 atom stereocenters. The van der Waals surface area contributed by atoms with E-state index in [1.54, 1.807) is 0 Å². The van der Waals surface area contributed by atoms with Crippen molar-refractivity contribution in [2.24, 2.45) is 0 Å². The molecule has 2 aromatic rings. The summed E-state index contributed by atoms with van der Waals surface area (Å²) in [6.45, 7) is 0. The van der Waals surface area contributed by atoms with E-state index < -0.39 is 60.9 Å². The molecule has 66 valence electrons. The molecule has 0 amide bonds. The minimum Gasteiger partial charge on any atom is -0.358 e. The number of para-hydroxylation sites is 1. The third-order valence-corrected chi connectivity index (χ3v) is 1.88. The van der Waals surface area contributed by atoms with Crippen LogP contribution in [-0.4, -0.2) is 4.98 Å². The number of aryl methyl sites for hydroxylation is 2. The zero-order chi connectivity index (χ0) is 19.3. The van der Waals surface area contributed by atoms with Crippen LogP contribution in [0.5, 0.6) is 0 Å². The molecule has 1 N–H and O–H groups in total. The standard InChI is InChI=1S/C12H13N/c1-3-7-11-9(5-1)10-6-2-4-8-12(10)13-11/h1,3,5,7,13H,2,4,6,8H2/i1D,2D2,3D,4D2,5D,6D2,7D,8D2. The normalized spacial score (nSPS) is 44.9. The highest BCUT2D eigenvalue weighted by molar-refractivity contribution is 5.84. The van der Waals surface area contributed by atoms with Crippen molar-refractivity contribution < 1.29 is 16.4 Å². The van der Waals surface area contributed by atoms with Gasteiger partial charge < -0.3 is 4.98 Å². The molecule has 13 heavy (non-hydrogen) atoms. The molecule has 1 aromatic heterocycles. The molecule has 0 aliphatic heterocycles. The van der Waals surface area contributed by atoms with Crippen LogP contribution in [0.3, 0.4) is 0 Å². The molecule has 1 heteroatoms. The molecule has 0 fully saturated rings. The molecule has 0 radical (unpaired) electrons. The molecule has 0 bridgehead atoms. The maximum Gasteiger partial charge on any atom is 0.0645 e. The molecule has 1 heterocycles. The van der Waals surface area contributed by atoms with Gasteiger partial charge in [0.25, 0.3) is 0 Å². The fourth-order valence-corrected chi connectivity index (χ4v) is 1.31. The SMILES string of the molecule is [2H]c1c([2H])c([2H])c2c3c([nH]c2c1[2H])C([2H])([2H])C([2H])([2H])C([2H])([2H])C3([2H])[2H]. The third kappa shape index (κ3) is 0.998. The first-order valence-corrected chi connectivity index (χ1v) is 3.75. The summed E-state index contributed by atoms with van der Waals surface area (Å²) < 4.78 is 95.3. The summed E-state index contributed by atoms with van der Waals surface area (Å²) in [6.07, 6.45) is -12.6. The Bertz CT molecular complexity index is 909. The zero-order valence-electron chi connectivity index (χ0n) is 18.5. The van der Waals surface area contributed by atoms with Gasteiger partial charge in [0.05, 0.1) is 5.48 Å². The topological polar surface area (TPSA) is 15.8 Å². The molecule has 1 aliphatic carbocycles. The van der Waals surface area contributed by atoms with Gasteiger partial charge in [-0.3, -0.25) is 0 Å². The lowest BCUT2D eigenvalue weighted by atomic mass is 9.96. The van der Waals surface area contributed by atoms with Crippen LogP contribution in [-0.2, 0) is 12.7 Å². The number of aromatic nitrogens is 1. The molecule has 1 nitrogen and oxygen atoms in total. The van der Waals surface area contributed by atoms with Crippen molar-refractivity contribution in [3.63, 3.8) is 0 Å². The van der Waals surface area contributed by atoms with Crippen molar-refractivity contribution >= 4 is 10.9 Å². The van der Waals surface area contributed by atoms with Gasteiger partial charge in [0, 0.05) is 27.6 Å². The Balaban J connectivity index is 2.62. The van der Waals surface area contributed by atoms with Crippen LogP contribution in [0.15, 0.2) is 24.2 Å². The second kappa shape index (κ2) is 2.63. The van der Waals surface area contributed by atoms with Gasteiger partial charge in [-0.15, -0.1) is 0 Å². The first-order valence-electron chi connectivity index (χ1n) is 9.75. The fourth-order valence-electron chi connectivity index (χ4n) is 1.31. The average Bonchev–Trinajstić information content (AvgIpc) is 2.91. The van der Waals surface area contributed by atoms with Crippen LogP contribution in [0.4, 0.5) is 0 Å². The van der Waals surface area contributed by atoms with Crippen molar-refractivity contribution in [2.45, 2.75) is 25.5 Å². The van der Waals surface area contributed by atoms with E-state index >= 15 is 0 Å². The van der Waals surface area contributed by atoms with Gasteiger partial charge in [0.15, 0.2) is 0 Å².